The minimum Gasteiger partial charge on any atom is -0.347 e. The average Bonchev–Trinajstić information content (AvgIpc) is 2.97. The lowest BCUT2D eigenvalue weighted by molar-refractivity contribution is -0.130. The molecule has 0 aliphatic carbocycles. The molecule has 0 saturated carbocycles. The highest BCUT2D eigenvalue weighted by molar-refractivity contribution is 6.06. The Labute approximate surface area is 122 Å². The lowest BCUT2D eigenvalue weighted by Gasteiger charge is -2.16. The molecule has 1 aliphatic heterocycles. The van der Waals surface area contributed by atoms with Crippen molar-refractivity contribution in [3.63, 3.8) is 0 Å². The molecular weight excluding hydrogens is 274 g/mol. The third-order valence-electron chi connectivity index (χ3n) is 3.31. The molecule has 1 unspecified atom stereocenters. The van der Waals surface area contributed by atoms with Crippen LogP contribution < -0.4 is 10.6 Å². The number of carbonyl (C=O) groups excluding carboxylic acids is 3. The van der Waals surface area contributed by atoms with Gasteiger partial charge in [-0.1, -0.05) is 0 Å². The van der Waals surface area contributed by atoms with Crippen LogP contribution in [0.1, 0.15) is 39.1 Å². The van der Waals surface area contributed by atoms with Crippen molar-refractivity contribution in [2.24, 2.45) is 0 Å². The van der Waals surface area contributed by atoms with Crippen molar-refractivity contribution in [2.75, 3.05) is 6.54 Å². The van der Waals surface area contributed by atoms with Crippen LogP contribution in [0.25, 0.3) is 0 Å². The van der Waals surface area contributed by atoms with Crippen LogP contribution in [-0.4, -0.2) is 44.8 Å². The van der Waals surface area contributed by atoms with E-state index in [0.717, 1.165) is 4.90 Å². The molecule has 0 bridgehead atoms. The fourth-order valence-electron chi connectivity index (χ4n) is 2.13. The van der Waals surface area contributed by atoms with Gasteiger partial charge in [-0.2, -0.15) is 0 Å². The van der Waals surface area contributed by atoms with Crippen molar-refractivity contribution in [3.05, 3.63) is 18.2 Å². The molecule has 8 nitrogen and oxygen atoms in total. The number of nitrogens with one attached hydrogen (secondary N) is 3. The fraction of sp³-hybridized carbons (Fsp3) is 0.538. The second-order valence-corrected chi connectivity index (χ2v) is 5.53. The van der Waals surface area contributed by atoms with E-state index in [2.05, 4.69) is 20.6 Å². The highest BCUT2D eigenvalue weighted by Gasteiger charge is 2.43. The van der Waals surface area contributed by atoms with Gasteiger partial charge in [-0.15, -0.1) is 0 Å². The Kier molecular flexibility index (Phi) is 3.97. The molecule has 0 radical (unpaired) electrons. The maximum Gasteiger partial charge on any atom is 0.325 e. The van der Waals surface area contributed by atoms with Crippen molar-refractivity contribution in [3.8, 4) is 0 Å². The standard InChI is InChI=1S/C13H19N5O3/c1-8(10-14-5-6-15-10)16-9(19)4-7-18-11(20)13(2,3)17-12(18)21/h5-6,8H,4,7H2,1-3H3,(H,14,15)(H,16,19)(H,17,21). The van der Waals surface area contributed by atoms with Crippen molar-refractivity contribution < 1.29 is 14.4 Å². The zero-order chi connectivity index (χ0) is 15.6. The van der Waals surface area contributed by atoms with E-state index >= 15 is 0 Å². The lowest BCUT2D eigenvalue weighted by atomic mass is 10.1. The van der Waals surface area contributed by atoms with E-state index in [1.165, 1.54) is 0 Å². The number of amides is 4. The summed E-state index contributed by atoms with van der Waals surface area (Å²) in [5, 5.41) is 5.32. The molecule has 0 spiro atoms. The number of imidazole rings is 1. The van der Waals surface area contributed by atoms with E-state index in [1.807, 2.05) is 0 Å². The number of aromatic amines is 1. The number of hydrogen-bond donors (Lipinski definition) is 3. The number of carbonyl (C=O) groups is 3. The Morgan fingerprint density at radius 1 is 1.48 bits per heavy atom. The van der Waals surface area contributed by atoms with Crippen LogP contribution >= 0.6 is 0 Å². The van der Waals surface area contributed by atoms with Crippen molar-refractivity contribution in [1.29, 1.82) is 0 Å². The van der Waals surface area contributed by atoms with Gasteiger partial charge < -0.3 is 15.6 Å². The van der Waals surface area contributed by atoms with Gasteiger partial charge in [-0.3, -0.25) is 14.5 Å². The molecule has 114 valence electrons. The number of urea groups is 1. The fourth-order valence-corrected chi connectivity index (χ4v) is 2.13. The molecule has 1 atom stereocenters. The molecule has 2 rings (SSSR count). The van der Waals surface area contributed by atoms with E-state index in [9.17, 15) is 14.4 Å². The largest absolute Gasteiger partial charge is 0.347 e. The van der Waals surface area contributed by atoms with Gasteiger partial charge in [0.2, 0.25) is 5.91 Å². The number of hydrogen-bond acceptors (Lipinski definition) is 4. The summed E-state index contributed by atoms with van der Waals surface area (Å²) in [6.45, 7) is 5.12. The summed E-state index contributed by atoms with van der Waals surface area (Å²) >= 11 is 0. The highest BCUT2D eigenvalue weighted by atomic mass is 16.2. The molecule has 8 heteroatoms. The molecule has 1 aromatic heterocycles. The average molecular weight is 293 g/mol. The zero-order valence-electron chi connectivity index (χ0n) is 12.3. The number of aromatic nitrogens is 2. The van der Waals surface area contributed by atoms with E-state index in [1.54, 1.807) is 33.2 Å². The topological polar surface area (TPSA) is 107 Å². The van der Waals surface area contributed by atoms with Gasteiger partial charge in [0.25, 0.3) is 5.91 Å². The SMILES string of the molecule is CC(NC(=O)CCN1C(=O)NC(C)(C)C1=O)c1ncc[nH]1. The molecule has 1 fully saturated rings. The Morgan fingerprint density at radius 3 is 2.71 bits per heavy atom. The first-order chi connectivity index (χ1) is 9.81. The third kappa shape index (κ3) is 3.21. The maximum atomic E-state index is 12.0. The minimum absolute atomic E-state index is 0.0558. The summed E-state index contributed by atoms with van der Waals surface area (Å²) in [4.78, 5) is 43.5. The van der Waals surface area contributed by atoms with Crippen LogP contribution in [0, 0.1) is 0 Å². The quantitative estimate of drug-likeness (QED) is 0.679. The van der Waals surface area contributed by atoms with E-state index < -0.39 is 11.6 Å². The Balaban J connectivity index is 1.85. The number of H-pyrrole nitrogens is 1. The van der Waals surface area contributed by atoms with Crippen LogP contribution in [0.4, 0.5) is 4.79 Å². The molecule has 21 heavy (non-hydrogen) atoms. The van der Waals surface area contributed by atoms with Gasteiger partial charge in [-0.25, -0.2) is 9.78 Å². The predicted molar refractivity (Wildman–Crippen MR) is 74.1 cm³/mol. The van der Waals surface area contributed by atoms with Gasteiger partial charge in [0, 0.05) is 25.4 Å². The van der Waals surface area contributed by atoms with Crippen LogP contribution in [0.15, 0.2) is 12.4 Å². The summed E-state index contributed by atoms with van der Waals surface area (Å²) in [7, 11) is 0. The Morgan fingerprint density at radius 2 is 2.19 bits per heavy atom. The molecule has 4 amide bonds. The third-order valence-corrected chi connectivity index (χ3v) is 3.31. The Hall–Kier alpha value is -2.38. The van der Waals surface area contributed by atoms with Gasteiger partial charge in [0.1, 0.15) is 11.4 Å². The monoisotopic (exact) mass is 293 g/mol. The van der Waals surface area contributed by atoms with Crippen LogP contribution in [0.5, 0.6) is 0 Å². The summed E-state index contributed by atoms with van der Waals surface area (Å²) in [6.07, 6.45) is 3.33. The van der Waals surface area contributed by atoms with Gasteiger partial charge in [-0.05, 0) is 20.8 Å². The van der Waals surface area contributed by atoms with Crippen LogP contribution in [0.2, 0.25) is 0 Å². The number of rotatable bonds is 5. The van der Waals surface area contributed by atoms with Gasteiger partial charge in [0.05, 0.1) is 6.04 Å². The molecule has 0 aromatic carbocycles. The van der Waals surface area contributed by atoms with Crippen molar-refractivity contribution in [2.45, 2.75) is 38.8 Å². The second-order valence-electron chi connectivity index (χ2n) is 5.53. The number of nitrogens with zero attached hydrogens (tertiary/aromatic N) is 2. The minimum atomic E-state index is -0.908. The highest BCUT2D eigenvalue weighted by Crippen LogP contribution is 2.16. The van der Waals surface area contributed by atoms with E-state index in [4.69, 9.17) is 0 Å². The first-order valence-electron chi connectivity index (χ1n) is 6.74. The number of imide groups is 1. The van der Waals surface area contributed by atoms with Crippen LogP contribution in [0.3, 0.4) is 0 Å². The second kappa shape index (κ2) is 5.55. The molecule has 1 aliphatic rings. The smallest absolute Gasteiger partial charge is 0.325 e. The summed E-state index contributed by atoms with van der Waals surface area (Å²) in [5.41, 5.74) is -0.908. The maximum absolute atomic E-state index is 12.0. The zero-order valence-corrected chi connectivity index (χ0v) is 12.3. The molecule has 1 saturated heterocycles. The molecular formula is C13H19N5O3. The van der Waals surface area contributed by atoms with Gasteiger partial charge >= 0.3 is 6.03 Å². The lowest BCUT2D eigenvalue weighted by Crippen LogP contribution is -2.40. The van der Waals surface area contributed by atoms with E-state index in [-0.39, 0.29) is 30.8 Å². The van der Waals surface area contributed by atoms with Crippen molar-refractivity contribution >= 4 is 17.8 Å². The first kappa shape index (κ1) is 15.0. The van der Waals surface area contributed by atoms with Crippen molar-refractivity contribution in [1.82, 2.24) is 25.5 Å². The van der Waals surface area contributed by atoms with Crippen LogP contribution in [-0.2, 0) is 9.59 Å². The summed E-state index contributed by atoms with van der Waals surface area (Å²) < 4.78 is 0. The summed E-state index contributed by atoms with van der Waals surface area (Å²) in [5.74, 6) is 0.0862. The van der Waals surface area contributed by atoms with Gasteiger partial charge in [0.15, 0.2) is 0 Å². The first-order valence-corrected chi connectivity index (χ1v) is 6.74. The van der Waals surface area contributed by atoms with E-state index in [0.29, 0.717) is 5.82 Å². The Bertz CT molecular complexity index is 552. The molecule has 3 N–H and O–H groups in total. The normalized spacial score (nSPS) is 18.5. The molecule has 2 heterocycles. The predicted octanol–water partition coefficient (Wildman–Crippen LogP) is 0.307. The molecule has 1 aromatic rings. The summed E-state index contributed by atoms with van der Waals surface area (Å²) in [6, 6.07) is -0.719.